The summed E-state index contributed by atoms with van der Waals surface area (Å²) in [6.45, 7) is 14.3. The number of aryl methyl sites for hydroxylation is 6. The maximum absolute atomic E-state index is 10.7. The molecule has 0 fully saturated rings. The Morgan fingerprint density at radius 1 is 0.333 bits per heavy atom. The molecule has 0 saturated heterocycles. The fraction of sp³-hybridized carbons (Fsp3) is 0.159. The molecule has 0 bridgehead atoms. The van der Waals surface area contributed by atoms with Gasteiger partial charge in [0.15, 0.2) is 0 Å². The van der Waals surface area contributed by atoms with E-state index in [1.807, 2.05) is 73.6 Å². The Morgan fingerprint density at radius 2 is 0.439 bits per heavy atom. The van der Waals surface area contributed by atoms with Crippen molar-refractivity contribution in [1.82, 2.24) is 29.9 Å². The van der Waals surface area contributed by atoms with E-state index in [1.165, 1.54) is 72.6 Å². The first kappa shape index (κ1) is 54.5. The molecule has 0 unspecified atom stereocenters. The Kier molecular flexibility index (Phi) is 15.5. The second-order valence-corrected chi connectivity index (χ2v) is 18.1. The van der Waals surface area contributed by atoms with E-state index < -0.39 is 15.6 Å². The number of aromatic nitrogens is 6. The van der Waals surface area contributed by atoms with Gasteiger partial charge in [0.1, 0.15) is 0 Å². The Labute approximate surface area is 380 Å². The van der Waals surface area contributed by atoms with Crippen molar-refractivity contribution in [3.63, 3.8) is 0 Å². The Morgan fingerprint density at radius 3 is 0.545 bits per heavy atom. The van der Waals surface area contributed by atoms with Crippen molar-refractivity contribution in [2.45, 2.75) is 48.5 Å². The SMILES string of the molecule is CC#N.Cc1c(C)c2cccnc2c2ncccc12.Cc1c(C)c2cccnc2c2ncccc12.Cc1c(C)c2cccnc2c2ncccc12.F[P-](F)(F)(F)(F)F.F[P-](F)(F)(F)(F)F.[Cu+2]. The van der Waals surface area contributed by atoms with Crippen LogP contribution in [0.3, 0.4) is 0 Å². The molecule has 3 aromatic carbocycles. The number of nitriles is 1. The van der Waals surface area contributed by atoms with Crippen LogP contribution < -0.4 is 0 Å². The van der Waals surface area contributed by atoms with Crippen LogP contribution in [0.15, 0.2) is 110 Å². The van der Waals surface area contributed by atoms with E-state index in [4.69, 9.17) is 5.26 Å². The van der Waals surface area contributed by atoms with Crippen LogP contribution in [0.1, 0.15) is 40.3 Å². The van der Waals surface area contributed by atoms with Crippen molar-refractivity contribution in [2.24, 2.45) is 0 Å². The minimum atomic E-state index is -10.7. The van der Waals surface area contributed by atoms with Gasteiger partial charge in [0.25, 0.3) is 0 Å². The van der Waals surface area contributed by atoms with Gasteiger partial charge in [-0.05, 0) is 111 Å². The molecule has 0 spiro atoms. The maximum Gasteiger partial charge on any atom is 2.00 e. The van der Waals surface area contributed by atoms with E-state index in [1.54, 1.807) is 6.07 Å². The first-order valence-corrected chi connectivity index (χ1v) is 22.9. The number of nitrogens with zero attached hydrogens (tertiary/aromatic N) is 7. The molecule has 9 rings (SSSR count). The molecule has 0 atom stereocenters. The summed E-state index contributed by atoms with van der Waals surface area (Å²) in [6, 6.07) is 26.3. The molecule has 355 valence electrons. The van der Waals surface area contributed by atoms with Gasteiger partial charge in [-0.2, -0.15) is 5.26 Å². The van der Waals surface area contributed by atoms with Crippen LogP contribution in [0.4, 0.5) is 50.4 Å². The summed E-state index contributed by atoms with van der Waals surface area (Å²) >= 11 is 0. The molecule has 0 aliphatic carbocycles. The molecule has 6 aromatic heterocycles. The molecular weight excluding hydrogens is 980 g/mol. The third-order valence-electron chi connectivity index (χ3n) is 9.63. The van der Waals surface area contributed by atoms with E-state index in [0.717, 1.165) is 33.1 Å². The Bertz CT molecular complexity index is 2740. The molecule has 0 aliphatic heterocycles. The maximum atomic E-state index is 9.87. The number of rotatable bonds is 0. The second-order valence-electron chi connectivity index (χ2n) is 14.3. The molecule has 0 aliphatic rings. The average Bonchev–Trinajstić information content (AvgIpc) is 3.22. The third kappa shape index (κ3) is 16.2. The van der Waals surface area contributed by atoms with Crippen molar-refractivity contribution in [1.29, 1.82) is 5.26 Å². The van der Waals surface area contributed by atoms with Gasteiger partial charge in [-0.15, -0.1) is 0 Å². The van der Waals surface area contributed by atoms with Crippen LogP contribution >= 0.6 is 15.6 Å². The number of halogens is 12. The van der Waals surface area contributed by atoms with Crippen molar-refractivity contribution in [3.05, 3.63) is 143 Å². The molecule has 7 nitrogen and oxygen atoms in total. The second kappa shape index (κ2) is 18.8. The standard InChI is InChI=1S/3C14H12N2.C2H3N.Cu.2F6P/c3*1-9-10(2)12-6-4-8-16-14(12)13-11(9)5-3-7-15-13;1-2-3;;2*1-7(2,3,4,5)6/h3*3-8H,1-2H3;1H3;;;/q;;;;+2;2*-1. The smallest absolute Gasteiger partial charge is 2.00 e. The Hall–Kier alpha value is -5.85. The summed E-state index contributed by atoms with van der Waals surface area (Å²) in [7, 11) is -21.3. The number of fused-ring (bicyclic) bond motifs is 9. The first-order chi connectivity index (χ1) is 29.7. The quantitative estimate of drug-likeness (QED) is 0.0645. The zero-order valence-electron chi connectivity index (χ0n) is 35.8. The zero-order chi connectivity index (χ0) is 48.9. The fourth-order valence-corrected chi connectivity index (χ4v) is 6.59. The van der Waals surface area contributed by atoms with E-state index in [0.29, 0.717) is 0 Å². The molecule has 66 heavy (non-hydrogen) atoms. The molecular formula is C44H39CuF12N7P2. The Balaban J connectivity index is 0.000000224. The zero-order valence-corrected chi connectivity index (χ0v) is 38.5. The minimum Gasteiger partial charge on any atom is 2.00 e. The topological polar surface area (TPSA) is 101 Å². The monoisotopic (exact) mass is 1020 g/mol. The van der Waals surface area contributed by atoms with E-state index in [9.17, 15) is 50.4 Å². The molecule has 22 heteroatoms. The largest absolute Gasteiger partial charge is 2.00 e. The summed E-state index contributed by atoms with van der Waals surface area (Å²) < 4.78 is 118. The molecule has 0 amide bonds. The minimum absolute atomic E-state index is 0. The summed E-state index contributed by atoms with van der Waals surface area (Å²) in [5, 5.41) is 14.5. The van der Waals surface area contributed by atoms with Crippen LogP contribution in [0.5, 0.6) is 0 Å². The van der Waals surface area contributed by atoms with E-state index in [-0.39, 0.29) is 17.1 Å². The van der Waals surface area contributed by atoms with Crippen molar-refractivity contribution >= 4 is 81.0 Å². The fourth-order valence-electron chi connectivity index (χ4n) is 6.59. The van der Waals surface area contributed by atoms with Gasteiger partial charge < -0.3 is 0 Å². The summed E-state index contributed by atoms with van der Waals surface area (Å²) in [4.78, 5) is 26.7. The van der Waals surface area contributed by atoms with E-state index in [2.05, 4.69) is 108 Å². The van der Waals surface area contributed by atoms with Crippen LogP contribution in [0.25, 0.3) is 65.4 Å². The van der Waals surface area contributed by atoms with Gasteiger partial charge in [-0.1, -0.05) is 36.4 Å². The van der Waals surface area contributed by atoms with Gasteiger partial charge >= 0.3 is 83.0 Å². The average molecular weight is 1020 g/mol. The van der Waals surface area contributed by atoms with Gasteiger partial charge in [0, 0.05) is 76.4 Å². The summed E-state index contributed by atoms with van der Waals surface area (Å²) in [5.74, 6) is 0. The van der Waals surface area contributed by atoms with Crippen molar-refractivity contribution in [2.75, 3.05) is 0 Å². The van der Waals surface area contributed by atoms with Crippen LogP contribution in [0, 0.1) is 52.9 Å². The third-order valence-corrected chi connectivity index (χ3v) is 9.63. The molecule has 0 saturated carbocycles. The van der Waals surface area contributed by atoms with Gasteiger partial charge in [-0.25, -0.2) is 0 Å². The van der Waals surface area contributed by atoms with Crippen LogP contribution in [-0.2, 0) is 17.1 Å². The molecule has 1 radical (unpaired) electrons. The van der Waals surface area contributed by atoms with E-state index >= 15 is 0 Å². The summed E-state index contributed by atoms with van der Waals surface area (Å²) in [5.41, 5.74) is 13.8. The molecule has 6 heterocycles. The molecule has 0 N–H and O–H groups in total. The molecule has 9 aromatic rings. The number of benzene rings is 3. The van der Waals surface area contributed by atoms with Crippen LogP contribution in [0.2, 0.25) is 0 Å². The first-order valence-electron chi connectivity index (χ1n) is 18.9. The van der Waals surface area contributed by atoms with Gasteiger partial charge in [0.05, 0.1) is 39.2 Å². The number of hydrogen-bond donors (Lipinski definition) is 0. The normalized spacial score (nSPS) is 13.1. The number of hydrogen-bond acceptors (Lipinski definition) is 7. The van der Waals surface area contributed by atoms with Gasteiger partial charge in [0.2, 0.25) is 0 Å². The predicted molar refractivity (Wildman–Crippen MR) is 238 cm³/mol. The van der Waals surface area contributed by atoms with Crippen LogP contribution in [-0.4, -0.2) is 29.9 Å². The van der Waals surface area contributed by atoms with Crippen molar-refractivity contribution < 1.29 is 67.4 Å². The predicted octanol–water partition coefficient (Wildman–Crippen LogP) is 17.5. The number of pyridine rings is 6. The summed E-state index contributed by atoms with van der Waals surface area (Å²) in [6.07, 6.45) is 10.9. The van der Waals surface area contributed by atoms with Crippen molar-refractivity contribution in [3.8, 4) is 6.07 Å². The van der Waals surface area contributed by atoms with Gasteiger partial charge in [-0.3, -0.25) is 29.9 Å².